The fourth-order valence-corrected chi connectivity index (χ4v) is 4.19. The van der Waals surface area contributed by atoms with Gasteiger partial charge in [0.2, 0.25) is 0 Å². The van der Waals surface area contributed by atoms with Crippen molar-refractivity contribution < 1.29 is 24.5 Å². The molecular formula is C20H18N2O5S. The number of nitrogens with zero attached hydrogens (tertiary/aromatic N) is 2. The molecular weight excluding hydrogens is 380 g/mol. The zero-order valence-corrected chi connectivity index (χ0v) is 15.7. The van der Waals surface area contributed by atoms with Crippen LogP contribution in [0.15, 0.2) is 42.6 Å². The Morgan fingerprint density at radius 2 is 2.04 bits per heavy atom. The van der Waals surface area contributed by atoms with Gasteiger partial charge >= 0.3 is 5.97 Å². The number of thiophene rings is 1. The lowest BCUT2D eigenvalue weighted by atomic mass is 10.1. The van der Waals surface area contributed by atoms with Gasteiger partial charge in [-0.2, -0.15) is 0 Å². The molecule has 2 N–H and O–H groups in total. The van der Waals surface area contributed by atoms with Gasteiger partial charge in [-0.3, -0.25) is 14.6 Å². The lowest BCUT2D eigenvalue weighted by Gasteiger charge is -2.13. The van der Waals surface area contributed by atoms with E-state index in [1.807, 2.05) is 0 Å². The van der Waals surface area contributed by atoms with Crippen molar-refractivity contribution in [2.45, 2.75) is 18.9 Å². The largest absolute Gasteiger partial charge is 0.481 e. The van der Waals surface area contributed by atoms with Crippen molar-refractivity contribution in [2.24, 2.45) is 0 Å². The minimum Gasteiger partial charge on any atom is -0.481 e. The standard InChI is InChI=1S/C20H18N2O5S/c23-13-6-8-22(11-13)20(26)17-10-15-19(28-17)16(5-7-21-15)27-14-3-1-12(2-4-14)9-18(24)25/h1-5,7,10,13,23H,6,8-9,11H2,(H,24,25). The maximum absolute atomic E-state index is 12.7. The van der Waals surface area contributed by atoms with Crippen molar-refractivity contribution in [3.8, 4) is 11.5 Å². The van der Waals surface area contributed by atoms with Crippen LogP contribution >= 0.6 is 11.3 Å². The molecule has 28 heavy (non-hydrogen) atoms. The number of aliphatic carboxylic acids is 1. The first-order valence-electron chi connectivity index (χ1n) is 8.84. The zero-order valence-electron chi connectivity index (χ0n) is 14.9. The molecule has 0 aliphatic carbocycles. The Morgan fingerprint density at radius 1 is 1.25 bits per heavy atom. The number of carbonyl (C=O) groups is 2. The van der Waals surface area contributed by atoms with Crippen LogP contribution in [0, 0.1) is 0 Å². The van der Waals surface area contributed by atoms with Crippen LogP contribution < -0.4 is 4.74 Å². The van der Waals surface area contributed by atoms with Crippen molar-refractivity contribution in [1.82, 2.24) is 9.88 Å². The number of benzene rings is 1. The van der Waals surface area contributed by atoms with E-state index in [1.165, 1.54) is 11.3 Å². The molecule has 0 radical (unpaired) electrons. The summed E-state index contributed by atoms with van der Waals surface area (Å²) in [5, 5.41) is 18.5. The van der Waals surface area contributed by atoms with Gasteiger partial charge in [-0.05, 0) is 30.2 Å². The van der Waals surface area contributed by atoms with Gasteiger partial charge in [-0.1, -0.05) is 12.1 Å². The van der Waals surface area contributed by atoms with Crippen LogP contribution in [0.25, 0.3) is 10.2 Å². The first-order chi connectivity index (χ1) is 13.5. The van der Waals surface area contributed by atoms with Gasteiger partial charge in [0.25, 0.3) is 5.91 Å². The topological polar surface area (TPSA) is 100.0 Å². The number of hydrogen-bond donors (Lipinski definition) is 2. The molecule has 0 saturated carbocycles. The smallest absolute Gasteiger partial charge is 0.307 e. The number of carbonyl (C=O) groups excluding carboxylic acids is 1. The lowest BCUT2D eigenvalue weighted by molar-refractivity contribution is -0.136. The number of rotatable bonds is 5. The van der Waals surface area contributed by atoms with Gasteiger partial charge in [0, 0.05) is 25.4 Å². The van der Waals surface area contributed by atoms with E-state index in [2.05, 4.69) is 4.98 Å². The Labute approximate surface area is 164 Å². The summed E-state index contributed by atoms with van der Waals surface area (Å²) in [5.74, 6) is 0.168. The molecule has 3 aromatic rings. The van der Waals surface area contributed by atoms with Crippen molar-refractivity contribution in [1.29, 1.82) is 0 Å². The molecule has 1 amide bonds. The van der Waals surface area contributed by atoms with E-state index in [1.54, 1.807) is 47.5 Å². The molecule has 2 aromatic heterocycles. The monoisotopic (exact) mass is 398 g/mol. The third-order valence-electron chi connectivity index (χ3n) is 4.54. The molecule has 4 rings (SSSR count). The Kier molecular flexibility index (Phi) is 4.97. The molecule has 0 spiro atoms. The van der Waals surface area contributed by atoms with Crippen molar-refractivity contribution >= 4 is 33.4 Å². The lowest BCUT2D eigenvalue weighted by Crippen LogP contribution is -2.28. The third-order valence-corrected chi connectivity index (χ3v) is 5.67. The number of aliphatic hydroxyl groups excluding tert-OH is 1. The number of β-amino-alcohol motifs (C(OH)–C–C–N with tert-alkyl or cyclic N) is 1. The second kappa shape index (κ2) is 7.57. The van der Waals surface area contributed by atoms with Gasteiger partial charge in [-0.15, -0.1) is 11.3 Å². The first-order valence-corrected chi connectivity index (χ1v) is 9.66. The average Bonchev–Trinajstić information content (AvgIpc) is 3.29. The van der Waals surface area contributed by atoms with Crippen LogP contribution in [0.1, 0.15) is 21.7 Å². The Bertz CT molecular complexity index is 1030. The van der Waals surface area contributed by atoms with Gasteiger partial charge in [0.05, 0.1) is 27.6 Å². The summed E-state index contributed by atoms with van der Waals surface area (Å²) in [5.41, 5.74) is 1.37. The van der Waals surface area contributed by atoms with E-state index in [0.29, 0.717) is 47.0 Å². The fraction of sp³-hybridized carbons (Fsp3) is 0.250. The van der Waals surface area contributed by atoms with Crippen molar-refractivity contribution in [3.05, 3.63) is 53.0 Å². The molecule has 1 saturated heterocycles. The zero-order chi connectivity index (χ0) is 19.7. The molecule has 1 aliphatic heterocycles. The summed E-state index contributed by atoms with van der Waals surface area (Å²) in [4.78, 5) is 30.0. The third kappa shape index (κ3) is 3.83. The van der Waals surface area contributed by atoms with E-state index in [4.69, 9.17) is 9.84 Å². The van der Waals surface area contributed by atoms with Crippen LogP contribution in [0.4, 0.5) is 0 Å². The number of carboxylic acid groups (broad SMARTS) is 1. The summed E-state index contributed by atoms with van der Waals surface area (Å²) in [6.45, 7) is 0.903. The molecule has 1 fully saturated rings. The van der Waals surface area contributed by atoms with E-state index >= 15 is 0 Å². The number of likely N-dealkylation sites (tertiary alicyclic amines) is 1. The molecule has 0 bridgehead atoms. The first kappa shape index (κ1) is 18.4. The van der Waals surface area contributed by atoms with E-state index in [-0.39, 0.29) is 12.3 Å². The highest BCUT2D eigenvalue weighted by Crippen LogP contribution is 2.35. The summed E-state index contributed by atoms with van der Waals surface area (Å²) in [6.07, 6.45) is 1.72. The van der Waals surface area contributed by atoms with E-state index in [9.17, 15) is 14.7 Å². The molecule has 1 aliphatic rings. The number of aromatic nitrogens is 1. The van der Waals surface area contributed by atoms with Crippen molar-refractivity contribution in [3.63, 3.8) is 0 Å². The van der Waals surface area contributed by atoms with Crippen LogP contribution in [0.2, 0.25) is 0 Å². The van der Waals surface area contributed by atoms with E-state index in [0.717, 1.165) is 4.70 Å². The van der Waals surface area contributed by atoms with Crippen LogP contribution in [-0.2, 0) is 11.2 Å². The van der Waals surface area contributed by atoms with Crippen LogP contribution in [0.5, 0.6) is 11.5 Å². The Hall–Kier alpha value is -2.97. The number of fused-ring (bicyclic) bond motifs is 1. The van der Waals surface area contributed by atoms with Crippen LogP contribution in [0.3, 0.4) is 0 Å². The Balaban J connectivity index is 1.57. The predicted molar refractivity (Wildman–Crippen MR) is 104 cm³/mol. The molecule has 1 atom stereocenters. The highest BCUT2D eigenvalue weighted by atomic mass is 32.1. The Morgan fingerprint density at radius 3 is 2.71 bits per heavy atom. The predicted octanol–water partition coefficient (Wildman–Crippen LogP) is 2.92. The van der Waals surface area contributed by atoms with Crippen LogP contribution in [-0.4, -0.2) is 51.2 Å². The highest BCUT2D eigenvalue weighted by molar-refractivity contribution is 7.21. The molecule has 3 heterocycles. The van der Waals surface area contributed by atoms with Crippen molar-refractivity contribution in [2.75, 3.05) is 13.1 Å². The molecule has 7 nitrogen and oxygen atoms in total. The second-order valence-corrected chi connectivity index (χ2v) is 7.70. The molecule has 1 unspecified atom stereocenters. The highest BCUT2D eigenvalue weighted by Gasteiger charge is 2.27. The molecule has 1 aromatic carbocycles. The quantitative estimate of drug-likeness (QED) is 0.685. The number of ether oxygens (including phenoxy) is 1. The van der Waals surface area contributed by atoms with Gasteiger partial charge in [-0.25, -0.2) is 0 Å². The number of pyridine rings is 1. The summed E-state index contributed by atoms with van der Waals surface area (Å²) in [7, 11) is 0. The second-order valence-electron chi connectivity index (χ2n) is 6.64. The molecule has 144 valence electrons. The summed E-state index contributed by atoms with van der Waals surface area (Å²) < 4.78 is 6.71. The number of amides is 1. The minimum absolute atomic E-state index is 0.0403. The van der Waals surface area contributed by atoms with Gasteiger partial charge < -0.3 is 19.8 Å². The SMILES string of the molecule is O=C(O)Cc1ccc(Oc2ccnc3cc(C(=O)N4CCC(O)C4)sc23)cc1. The fourth-order valence-electron chi connectivity index (χ4n) is 3.16. The molecule has 8 heteroatoms. The van der Waals surface area contributed by atoms with Gasteiger partial charge in [0.1, 0.15) is 11.5 Å². The summed E-state index contributed by atoms with van der Waals surface area (Å²) in [6, 6.07) is 10.3. The number of carboxylic acids is 1. The maximum atomic E-state index is 12.7. The van der Waals surface area contributed by atoms with Gasteiger partial charge in [0.15, 0.2) is 0 Å². The summed E-state index contributed by atoms with van der Waals surface area (Å²) >= 11 is 1.31. The normalized spacial score (nSPS) is 16.5. The maximum Gasteiger partial charge on any atom is 0.307 e. The average molecular weight is 398 g/mol. The van der Waals surface area contributed by atoms with E-state index < -0.39 is 12.1 Å². The number of aliphatic hydroxyl groups is 1. The minimum atomic E-state index is -0.884. The number of hydrogen-bond acceptors (Lipinski definition) is 6.